The SMILES string of the molecule is Cc1c(C(=O)N(C)C(C)c2ccc(F)nc2)cnn1-c1nn2cccc2c(=O)[nH]1. The highest BCUT2D eigenvalue weighted by Gasteiger charge is 2.24. The first-order valence-electron chi connectivity index (χ1n) is 8.88. The fraction of sp³-hybridized carbons (Fsp3) is 0.211. The summed E-state index contributed by atoms with van der Waals surface area (Å²) in [5.74, 6) is -0.642. The van der Waals surface area contributed by atoms with E-state index in [0.29, 0.717) is 22.3 Å². The molecule has 0 aromatic carbocycles. The smallest absolute Gasteiger partial charge is 0.276 e. The third-order valence-electron chi connectivity index (χ3n) is 4.96. The van der Waals surface area contributed by atoms with Gasteiger partial charge < -0.3 is 4.90 Å². The molecule has 0 bridgehead atoms. The number of rotatable bonds is 4. The lowest BCUT2D eigenvalue weighted by molar-refractivity contribution is 0.0741. The molecule has 0 saturated heterocycles. The highest BCUT2D eigenvalue weighted by atomic mass is 19.1. The van der Waals surface area contributed by atoms with Crippen LogP contribution in [0.25, 0.3) is 11.5 Å². The Bertz CT molecular complexity index is 1260. The van der Waals surface area contributed by atoms with Gasteiger partial charge in [0.05, 0.1) is 23.5 Å². The van der Waals surface area contributed by atoms with Crippen molar-refractivity contribution in [3.05, 3.63) is 76.0 Å². The van der Waals surface area contributed by atoms with Crippen molar-refractivity contribution >= 4 is 11.4 Å². The first kappa shape index (κ1) is 18.5. The van der Waals surface area contributed by atoms with Crippen LogP contribution in [-0.4, -0.2) is 47.2 Å². The van der Waals surface area contributed by atoms with Crippen LogP contribution >= 0.6 is 0 Å². The van der Waals surface area contributed by atoms with Gasteiger partial charge in [0.2, 0.25) is 11.9 Å². The lowest BCUT2D eigenvalue weighted by Crippen LogP contribution is -2.30. The average Bonchev–Trinajstić information content (AvgIpc) is 3.33. The molecule has 9 nitrogen and oxygen atoms in total. The fourth-order valence-corrected chi connectivity index (χ4v) is 3.08. The molecule has 0 aliphatic heterocycles. The van der Waals surface area contributed by atoms with Gasteiger partial charge in [-0.05, 0) is 37.6 Å². The number of hydrogen-bond donors (Lipinski definition) is 1. The molecular formula is C19H18FN7O2. The van der Waals surface area contributed by atoms with Gasteiger partial charge in [0.1, 0.15) is 5.52 Å². The Labute approximate surface area is 164 Å². The normalized spacial score (nSPS) is 12.3. The van der Waals surface area contributed by atoms with Crippen LogP contribution in [0.15, 0.2) is 47.7 Å². The van der Waals surface area contributed by atoms with Gasteiger partial charge in [-0.25, -0.2) is 14.2 Å². The van der Waals surface area contributed by atoms with Gasteiger partial charge in [-0.3, -0.25) is 14.6 Å². The largest absolute Gasteiger partial charge is 0.335 e. The molecule has 1 N–H and O–H groups in total. The van der Waals surface area contributed by atoms with Crippen LogP contribution in [0.1, 0.15) is 34.6 Å². The van der Waals surface area contributed by atoms with Crippen molar-refractivity contribution in [2.75, 3.05) is 7.05 Å². The third-order valence-corrected chi connectivity index (χ3v) is 4.96. The maximum atomic E-state index is 13.1. The molecule has 1 amide bonds. The van der Waals surface area contributed by atoms with Crippen molar-refractivity contribution < 1.29 is 9.18 Å². The zero-order chi connectivity index (χ0) is 20.7. The number of fused-ring (bicyclic) bond motifs is 1. The van der Waals surface area contributed by atoms with Crippen LogP contribution in [0.4, 0.5) is 4.39 Å². The van der Waals surface area contributed by atoms with Gasteiger partial charge in [0, 0.05) is 19.4 Å². The first-order valence-corrected chi connectivity index (χ1v) is 8.88. The van der Waals surface area contributed by atoms with E-state index in [1.54, 1.807) is 38.4 Å². The Kier molecular flexibility index (Phi) is 4.45. The lowest BCUT2D eigenvalue weighted by Gasteiger charge is -2.25. The van der Waals surface area contributed by atoms with Crippen molar-refractivity contribution in [1.29, 1.82) is 0 Å². The molecule has 0 fully saturated rings. The van der Waals surface area contributed by atoms with Crippen LogP contribution in [0.2, 0.25) is 0 Å². The first-order chi connectivity index (χ1) is 13.9. The number of nitrogens with zero attached hydrogens (tertiary/aromatic N) is 6. The molecule has 10 heteroatoms. The summed E-state index contributed by atoms with van der Waals surface area (Å²) < 4.78 is 15.9. The Hall–Kier alpha value is -3.82. The van der Waals surface area contributed by atoms with Crippen LogP contribution in [0.3, 0.4) is 0 Å². The second-order valence-corrected chi connectivity index (χ2v) is 6.68. The van der Waals surface area contributed by atoms with Crippen LogP contribution < -0.4 is 5.56 Å². The van der Waals surface area contributed by atoms with Crippen LogP contribution in [0.5, 0.6) is 0 Å². The Morgan fingerprint density at radius 3 is 2.79 bits per heavy atom. The average molecular weight is 395 g/mol. The predicted molar refractivity (Wildman–Crippen MR) is 102 cm³/mol. The zero-order valence-corrected chi connectivity index (χ0v) is 16.0. The summed E-state index contributed by atoms with van der Waals surface area (Å²) in [4.78, 5) is 33.0. The summed E-state index contributed by atoms with van der Waals surface area (Å²) in [6.45, 7) is 3.55. The monoisotopic (exact) mass is 395 g/mol. The van der Waals surface area contributed by atoms with E-state index in [-0.39, 0.29) is 23.5 Å². The maximum Gasteiger partial charge on any atom is 0.276 e. The second kappa shape index (κ2) is 6.97. The molecule has 0 aliphatic carbocycles. The number of amides is 1. The molecule has 29 heavy (non-hydrogen) atoms. The van der Waals surface area contributed by atoms with Gasteiger partial charge in [-0.1, -0.05) is 6.07 Å². The summed E-state index contributed by atoms with van der Waals surface area (Å²) >= 11 is 0. The standard InChI is InChI=1S/C19H18FN7O2/c1-11(13-6-7-16(20)21-9-13)25(3)18(29)14-10-22-27(12(14)2)19-23-17(28)15-5-4-8-26(15)24-19/h4-11H,1-3H3,(H,23,24,28). The molecule has 1 atom stereocenters. The Morgan fingerprint density at radius 1 is 1.28 bits per heavy atom. The molecule has 0 saturated carbocycles. The van der Waals surface area contributed by atoms with E-state index < -0.39 is 5.95 Å². The van der Waals surface area contributed by atoms with E-state index in [2.05, 4.69) is 20.2 Å². The van der Waals surface area contributed by atoms with Crippen molar-refractivity contribution in [3.8, 4) is 5.95 Å². The summed E-state index contributed by atoms with van der Waals surface area (Å²) in [5.41, 5.74) is 1.70. The van der Waals surface area contributed by atoms with Crippen molar-refractivity contribution in [3.63, 3.8) is 0 Å². The molecule has 4 heterocycles. The van der Waals surface area contributed by atoms with E-state index in [4.69, 9.17) is 0 Å². The summed E-state index contributed by atoms with van der Waals surface area (Å²) in [5, 5.41) is 8.56. The van der Waals surface area contributed by atoms with E-state index in [1.165, 1.54) is 32.6 Å². The molecular weight excluding hydrogens is 377 g/mol. The molecule has 148 valence electrons. The summed E-state index contributed by atoms with van der Waals surface area (Å²) in [6, 6.07) is 5.89. The number of aromatic amines is 1. The molecule has 4 rings (SSSR count). The van der Waals surface area contributed by atoms with Crippen molar-refractivity contribution in [2.24, 2.45) is 0 Å². The summed E-state index contributed by atoms with van der Waals surface area (Å²) in [7, 11) is 1.65. The number of nitrogens with one attached hydrogen (secondary N) is 1. The zero-order valence-electron chi connectivity index (χ0n) is 16.0. The highest BCUT2D eigenvalue weighted by molar-refractivity contribution is 5.95. The lowest BCUT2D eigenvalue weighted by atomic mass is 10.1. The number of carbonyl (C=O) groups excluding carboxylic acids is 1. The highest BCUT2D eigenvalue weighted by Crippen LogP contribution is 2.22. The van der Waals surface area contributed by atoms with Gasteiger partial charge in [0.15, 0.2) is 0 Å². The van der Waals surface area contributed by atoms with E-state index >= 15 is 0 Å². The van der Waals surface area contributed by atoms with E-state index in [9.17, 15) is 14.0 Å². The minimum Gasteiger partial charge on any atom is -0.335 e. The number of carbonyl (C=O) groups is 1. The number of aromatic nitrogens is 6. The minimum absolute atomic E-state index is 0.202. The van der Waals surface area contributed by atoms with Gasteiger partial charge >= 0.3 is 0 Å². The molecule has 0 aliphatic rings. The van der Waals surface area contributed by atoms with Crippen molar-refractivity contribution in [2.45, 2.75) is 19.9 Å². The van der Waals surface area contributed by atoms with Gasteiger partial charge in [0.25, 0.3) is 11.5 Å². The van der Waals surface area contributed by atoms with E-state index in [1.807, 2.05) is 6.92 Å². The minimum atomic E-state index is -0.576. The van der Waals surface area contributed by atoms with Crippen LogP contribution in [-0.2, 0) is 0 Å². The number of halogens is 1. The van der Waals surface area contributed by atoms with Gasteiger partial charge in [-0.2, -0.15) is 9.49 Å². The maximum absolute atomic E-state index is 13.1. The number of pyridine rings is 1. The topological polar surface area (TPSA) is 101 Å². The second-order valence-electron chi connectivity index (χ2n) is 6.68. The molecule has 4 aromatic heterocycles. The molecule has 1 unspecified atom stereocenters. The summed E-state index contributed by atoms with van der Waals surface area (Å²) in [6.07, 6.45) is 4.50. The van der Waals surface area contributed by atoms with E-state index in [0.717, 1.165) is 0 Å². The van der Waals surface area contributed by atoms with Crippen LogP contribution in [0, 0.1) is 12.9 Å². The molecule has 0 radical (unpaired) electrons. The molecule has 4 aromatic rings. The predicted octanol–water partition coefficient (Wildman–Crippen LogP) is 1.88. The van der Waals surface area contributed by atoms with Crippen molar-refractivity contribution in [1.82, 2.24) is 34.3 Å². The number of H-pyrrole nitrogens is 1. The van der Waals surface area contributed by atoms with Gasteiger partial charge in [-0.15, -0.1) is 5.10 Å². The quantitative estimate of drug-likeness (QED) is 0.532. The Morgan fingerprint density at radius 2 is 2.07 bits per heavy atom. The fourth-order valence-electron chi connectivity index (χ4n) is 3.08. The third kappa shape index (κ3) is 3.18. The molecule has 0 spiro atoms. The Balaban J connectivity index is 1.65. The number of hydrogen-bond acceptors (Lipinski definition) is 5.